The van der Waals surface area contributed by atoms with Crippen molar-refractivity contribution in [2.45, 2.75) is 0 Å². The summed E-state index contributed by atoms with van der Waals surface area (Å²) in [5.41, 5.74) is -0.00315. The largest absolute Gasteiger partial charge is 0.494 e. The Kier molecular flexibility index (Phi) is 4.40. The van der Waals surface area contributed by atoms with Crippen LogP contribution in [0.5, 0.6) is 11.5 Å². The normalized spacial score (nSPS) is 10.4. The number of rotatable bonds is 4. The maximum atomic E-state index is 13.6. The Hall–Kier alpha value is -2.18. The summed E-state index contributed by atoms with van der Waals surface area (Å²) in [6.07, 6.45) is 0. The number of hydrogen-bond acceptors (Lipinski definition) is 2. The van der Waals surface area contributed by atoms with Crippen molar-refractivity contribution in [3.05, 3.63) is 47.5 Å². The fraction of sp³-hybridized carbons (Fsp3) is 0.143. The fourth-order valence-electron chi connectivity index (χ4n) is 1.97. The maximum absolute atomic E-state index is 13.6. The van der Waals surface area contributed by atoms with Crippen molar-refractivity contribution in [1.29, 1.82) is 0 Å². The summed E-state index contributed by atoms with van der Waals surface area (Å²) in [7, 11) is 3.59. The smallest absolute Gasteiger partial charge is 0.201 e. The molecule has 0 aliphatic heterocycles. The minimum absolute atomic E-state index is 0.00157. The van der Waals surface area contributed by atoms with Gasteiger partial charge in [0.25, 0.3) is 0 Å². The number of hydrogen-bond donors (Lipinski definition) is 0. The van der Waals surface area contributed by atoms with E-state index in [1.165, 1.54) is 21.5 Å². The van der Waals surface area contributed by atoms with E-state index in [9.17, 15) is 17.6 Å². The Balaban J connectivity index is 2.52. The molecule has 0 saturated heterocycles. The Morgan fingerprint density at radius 3 is 1.43 bits per heavy atom. The standard InChI is InChI=1S/C14H10BF4O2/c1-20-13-9(3-7(16)5-11(13)18)15-10-4-8(17)6-12(19)14(10)21-2/h3-6H,1-2H3. The van der Waals surface area contributed by atoms with Crippen LogP contribution in [-0.2, 0) is 0 Å². The molecule has 2 nitrogen and oxygen atoms in total. The summed E-state index contributed by atoms with van der Waals surface area (Å²) in [5, 5.41) is 0. The predicted molar refractivity (Wildman–Crippen MR) is 70.8 cm³/mol. The molecule has 2 aromatic carbocycles. The molecule has 0 fully saturated rings. The number of ether oxygens (including phenoxy) is 2. The molecule has 7 heteroatoms. The summed E-state index contributed by atoms with van der Waals surface area (Å²) in [6, 6.07) is 3.29. The average molecular weight is 297 g/mol. The molecule has 0 saturated carbocycles. The fourth-order valence-corrected chi connectivity index (χ4v) is 1.97. The Morgan fingerprint density at radius 2 is 1.10 bits per heavy atom. The molecule has 109 valence electrons. The van der Waals surface area contributed by atoms with Gasteiger partial charge < -0.3 is 9.47 Å². The Labute approximate surface area is 119 Å². The minimum atomic E-state index is -0.917. The van der Waals surface area contributed by atoms with E-state index in [1.807, 2.05) is 0 Å². The van der Waals surface area contributed by atoms with Crippen LogP contribution in [0.1, 0.15) is 0 Å². The van der Waals surface area contributed by atoms with E-state index in [4.69, 9.17) is 9.47 Å². The molecule has 0 atom stereocenters. The molecule has 0 heterocycles. The van der Waals surface area contributed by atoms with Gasteiger partial charge in [-0.15, -0.1) is 0 Å². The highest BCUT2D eigenvalue weighted by atomic mass is 19.1. The maximum Gasteiger partial charge on any atom is 0.201 e. The molecule has 0 unspecified atom stereocenters. The first-order valence-corrected chi connectivity index (χ1v) is 5.87. The average Bonchev–Trinajstić information content (AvgIpc) is 2.37. The van der Waals surface area contributed by atoms with Crippen molar-refractivity contribution < 1.29 is 27.0 Å². The monoisotopic (exact) mass is 297 g/mol. The molecular formula is C14H10BF4O2. The van der Waals surface area contributed by atoms with Gasteiger partial charge in [-0.2, -0.15) is 0 Å². The minimum Gasteiger partial charge on any atom is -0.494 e. The first kappa shape index (κ1) is 15.2. The molecule has 0 spiro atoms. The van der Waals surface area contributed by atoms with E-state index in [0.29, 0.717) is 12.1 Å². The van der Waals surface area contributed by atoms with Crippen molar-refractivity contribution >= 4 is 18.2 Å². The van der Waals surface area contributed by atoms with E-state index >= 15 is 0 Å². The molecule has 1 radical (unpaired) electrons. The predicted octanol–water partition coefficient (Wildman–Crippen LogP) is 1.92. The first-order chi connectivity index (χ1) is 9.96. The van der Waals surface area contributed by atoms with E-state index in [2.05, 4.69) is 0 Å². The Morgan fingerprint density at radius 1 is 0.714 bits per heavy atom. The summed E-state index contributed by atoms with van der Waals surface area (Å²) in [6.45, 7) is 0. The molecule has 21 heavy (non-hydrogen) atoms. The van der Waals surface area contributed by atoms with Crippen LogP contribution >= 0.6 is 0 Å². The summed E-state index contributed by atoms with van der Waals surface area (Å²) < 4.78 is 63.4. The van der Waals surface area contributed by atoms with E-state index in [-0.39, 0.29) is 22.4 Å². The summed E-state index contributed by atoms with van der Waals surface area (Å²) >= 11 is 0. The second kappa shape index (κ2) is 6.07. The Bertz CT molecular complexity index is 619. The lowest BCUT2D eigenvalue weighted by molar-refractivity contribution is 0.386. The third-order valence-corrected chi connectivity index (χ3v) is 2.79. The lowest BCUT2D eigenvalue weighted by Gasteiger charge is -2.12. The quantitative estimate of drug-likeness (QED) is 0.634. The molecule has 0 aromatic heterocycles. The van der Waals surface area contributed by atoms with Crippen molar-refractivity contribution in [2.75, 3.05) is 14.2 Å². The molecular weight excluding hydrogens is 287 g/mol. The third-order valence-electron chi connectivity index (χ3n) is 2.79. The van der Waals surface area contributed by atoms with Gasteiger partial charge in [-0.3, -0.25) is 0 Å². The second-order valence-electron chi connectivity index (χ2n) is 4.16. The van der Waals surface area contributed by atoms with Crippen molar-refractivity contribution in [2.24, 2.45) is 0 Å². The van der Waals surface area contributed by atoms with Gasteiger partial charge in [-0.05, 0) is 23.1 Å². The van der Waals surface area contributed by atoms with Crippen LogP contribution in [0.3, 0.4) is 0 Å². The summed E-state index contributed by atoms with van der Waals surface area (Å²) in [4.78, 5) is 0. The van der Waals surface area contributed by atoms with Crippen LogP contribution in [0.2, 0.25) is 0 Å². The van der Waals surface area contributed by atoms with Crippen LogP contribution in [0.4, 0.5) is 17.6 Å². The number of halogens is 4. The van der Waals surface area contributed by atoms with Gasteiger partial charge in [0.15, 0.2) is 11.6 Å². The van der Waals surface area contributed by atoms with E-state index < -0.39 is 23.3 Å². The highest BCUT2D eigenvalue weighted by Crippen LogP contribution is 2.17. The lowest BCUT2D eigenvalue weighted by atomic mass is 9.63. The number of methoxy groups -OCH3 is 2. The van der Waals surface area contributed by atoms with E-state index in [0.717, 1.165) is 12.1 Å². The SMILES string of the molecule is COc1c(F)cc(F)cc1[B]c1cc(F)cc(F)c1OC. The van der Waals surface area contributed by atoms with Gasteiger partial charge in [0.2, 0.25) is 7.28 Å². The van der Waals surface area contributed by atoms with Crippen molar-refractivity contribution in [1.82, 2.24) is 0 Å². The molecule has 0 bridgehead atoms. The highest BCUT2D eigenvalue weighted by Gasteiger charge is 2.18. The molecule has 0 aliphatic carbocycles. The number of benzene rings is 2. The van der Waals surface area contributed by atoms with Gasteiger partial charge in [-0.25, -0.2) is 17.6 Å². The van der Waals surface area contributed by atoms with Crippen molar-refractivity contribution in [3.63, 3.8) is 0 Å². The first-order valence-electron chi connectivity index (χ1n) is 5.87. The van der Waals surface area contributed by atoms with Crippen LogP contribution in [0.15, 0.2) is 24.3 Å². The van der Waals surface area contributed by atoms with E-state index in [1.54, 1.807) is 0 Å². The van der Waals surface area contributed by atoms with Crippen LogP contribution in [0, 0.1) is 23.3 Å². The van der Waals surface area contributed by atoms with Gasteiger partial charge in [-0.1, -0.05) is 0 Å². The molecule has 0 aliphatic rings. The molecule has 2 rings (SSSR count). The molecule has 0 N–H and O–H groups in total. The van der Waals surface area contributed by atoms with Crippen LogP contribution < -0.4 is 20.4 Å². The molecule has 2 aromatic rings. The van der Waals surface area contributed by atoms with Crippen molar-refractivity contribution in [3.8, 4) is 11.5 Å². The van der Waals surface area contributed by atoms with Gasteiger partial charge in [0, 0.05) is 12.1 Å². The zero-order chi connectivity index (χ0) is 15.6. The lowest BCUT2D eigenvalue weighted by Crippen LogP contribution is -2.31. The summed E-state index contributed by atoms with van der Waals surface area (Å²) in [5.74, 6) is -3.98. The van der Waals surface area contributed by atoms with Crippen LogP contribution in [-0.4, -0.2) is 21.5 Å². The van der Waals surface area contributed by atoms with Gasteiger partial charge >= 0.3 is 0 Å². The second-order valence-corrected chi connectivity index (χ2v) is 4.16. The third kappa shape index (κ3) is 3.12. The highest BCUT2D eigenvalue weighted by molar-refractivity contribution is 6.69. The van der Waals surface area contributed by atoms with Gasteiger partial charge in [0.1, 0.15) is 23.1 Å². The molecule has 0 amide bonds. The topological polar surface area (TPSA) is 18.5 Å². The zero-order valence-electron chi connectivity index (χ0n) is 11.2. The van der Waals surface area contributed by atoms with Crippen LogP contribution in [0.25, 0.3) is 0 Å². The van der Waals surface area contributed by atoms with Gasteiger partial charge in [0.05, 0.1) is 14.2 Å². The zero-order valence-corrected chi connectivity index (χ0v) is 11.2.